The zero-order chi connectivity index (χ0) is 25.3. The van der Waals surface area contributed by atoms with Gasteiger partial charge in [0.05, 0.1) is 15.5 Å². The summed E-state index contributed by atoms with van der Waals surface area (Å²) in [7, 11) is -4.15. The van der Waals surface area contributed by atoms with Crippen molar-refractivity contribution < 1.29 is 22.5 Å². The SMILES string of the molecule is O=C(CN(c1cccc([N+](=O)[O-])c1)S(=O)(=O)c1ccccc1)NCCCSCc1ccc(F)cc1. The van der Waals surface area contributed by atoms with E-state index in [9.17, 15) is 27.7 Å². The van der Waals surface area contributed by atoms with E-state index in [1.807, 2.05) is 0 Å². The van der Waals surface area contributed by atoms with Gasteiger partial charge in [-0.15, -0.1) is 0 Å². The molecule has 0 aliphatic carbocycles. The number of halogens is 1. The Morgan fingerprint density at radius 1 is 1.03 bits per heavy atom. The summed E-state index contributed by atoms with van der Waals surface area (Å²) >= 11 is 1.64. The summed E-state index contributed by atoms with van der Waals surface area (Å²) in [6.07, 6.45) is 0.653. The number of carbonyl (C=O) groups is 1. The van der Waals surface area contributed by atoms with Crippen LogP contribution in [0.25, 0.3) is 0 Å². The minimum absolute atomic E-state index is 0.0213. The van der Waals surface area contributed by atoms with Crippen LogP contribution in [0.2, 0.25) is 0 Å². The Bertz CT molecular complexity index is 1260. The van der Waals surface area contributed by atoms with Crippen LogP contribution < -0.4 is 9.62 Å². The van der Waals surface area contributed by atoms with Gasteiger partial charge in [0.15, 0.2) is 0 Å². The second kappa shape index (κ2) is 12.3. The average molecular weight is 518 g/mol. The normalized spacial score (nSPS) is 11.1. The Kier molecular flexibility index (Phi) is 9.21. The molecule has 8 nitrogen and oxygen atoms in total. The van der Waals surface area contributed by atoms with Gasteiger partial charge in [-0.2, -0.15) is 11.8 Å². The first-order valence-electron chi connectivity index (χ1n) is 10.7. The molecule has 0 unspecified atom stereocenters. The Hall–Kier alpha value is -3.44. The number of nitrogens with one attached hydrogen (secondary N) is 1. The molecule has 184 valence electrons. The van der Waals surface area contributed by atoms with E-state index < -0.39 is 27.4 Å². The van der Waals surface area contributed by atoms with Crippen molar-refractivity contribution in [1.29, 1.82) is 0 Å². The minimum atomic E-state index is -4.15. The molecule has 0 heterocycles. The van der Waals surface area contributed by atoms with Crippen LogP contribution in [-0.2, 0) is 20.6 Å². The summed E-state index contributed by atoms with van der Waals surface area (Å²) < 4.78 is 40.4. The molecule has 1 amide bonds. The lowest BCUT2D eigenvalue weighted by molar-refractivity contribution is -0.384. The van der Waals surface area contributed by atoms with Gasteiger partial charge < -0.3 is 5.32 Å². The highest BCUT2D eigenvalue weighted by atomic mass is 32.2. The van der Waals surface area contributed by atoms with Crippen LogP contribution in [0.5, 0.6) is 0 Å². The van der Waals surface area contributed by atoms with Gasteiger partial charge in [0.1, 0.15) is 12.4 Å². The molecule has 3 aromatic rings. The van der Waals surface area contributed by atoms with Gasteiger partial charge in [-0.3, -0.25) is 19.2 Å². The Balaban J connectivity index is 1.62. The molecule has 35 heavy (non-hydrogen) atoms. The van der Waals surface area contributed by atoms with E-state index in [1.165, 1.54) is 42.5 Å². The molecule has 11 heteroatoms. The molecule has 3 aromatic carbocycles. The summed E-state index contributed by atoms with van der Waals surface area (Å²) in [5.41, 5.74) is 0.738. The highest BCUT2D eigenvalue weighted by Gasteiger charge is 2.28. The molecule has 0 aliphatic heterocycles. The van der Waals surface area contributed by atoms with Crippen molar-refractivity contribution in [3.8, 4) is 0 Å². The number of benzene rings is 3. The lowest BCUT2D eigenvalue weighted by atomic mass is 10.2. The minimum Gasteiger partial charge on any atom is -0.354 e. The molecule has 3 rings (SSSR count). The van der Waals surface area contributed by atoms with Gasteiger partial charge in [0.2, 0.25) is 5.91 Å². The van der Waals surface area contributed by atoms with Crippen LogP contribution >= 0.6 is 11.8 Å². The third-order valence-corrected chi connectivity index (χ3v) is 7.82. The first-order chi connectivity index (χ1) is 16.8. The summed E-state index contributed by atoms with van der Waals surface area (Å²) in [6.45, 7) is -0.190. The standard InChI is InChI=1S/C24H24FN3O5S2/c25-20-12-10-19(11-13-20)18-34-15-5-14-26-24(29)17-27(21-6-4-7-22(16-21)28(30)31)35(32,33)23-8-2-1-3-9-23/h1-4,6-13,16H,5,14-15,17-18H2,(H,26,29). The van der Waals surface area contributed by atoms with E-state index in [2.05, 4.69) is 5.32 Å². The number of nitrogens with zero attached hydrogens (tertiary/aromatic N) is 2. The number of nitro groups is 1. The van der Waals surface area contributed by atoms with Gasteiger partial charge in [0.25, 0.3) is 15.7 Å². The maximum Gasteiger partial charge on any atom is 0.271 e. The van der Waals surface area contributed by atoms with Crippen molar-refractivity contribution >= 4 is 39.1 Å². The van der Waals surface area contributed by atoms with Gasteiger partial charge in [-0.25, -0.2) is 12.8 Å². The number of anilines is 1. The van der Waals surface area contributed by atoms with Crippen LogP contribution in [0, 0.1) is 15.9 Å². The molecule has 0 aromatic heterocycles. The quantitative estimate of drug-likeness (QED) is 0.217. The van der Waals surface area contributed by atoms with Crippen molar-refractivity contribution in [1.82, 2.24) is 5.32 Å². The summed E-state index contributed by atoms with van der Waals surface area (Å²) in [4.78, 5) is 23.2. The summed E-state index contributed by atoms with van der Waals surface area (Å²) in [5.74, 6) is 0.646. The van der Waals surface area contributed by atoms with Crippen molar-refractivity contribution in [2.24, 2.45) is 0 Å². The molecular formula is C24H24FN3O5S2. The van der Waals surface area contributed by atoms with E-state index in [0.29, 0.717) is 18.7 Å². The smallest absolute Gasteiger partial charge is 0.271 e. The van der Waals surface area contributed by atoms with Crippen molar-refractivity contribution in [3.63, 3.8) is 0 Å². The molecule has 0 fully saturated rings. The Morgan fingerprint density at radius 2 is 1.74 bits per heavy atom. The van der Waals surface area contributed by atoms with Crippen molar-refractivity contribution in [2.45, 2.75) is 17.1 Å². The van der Waals surface area contributed by atoms with Gasteiger partial charge in [-0.1, -0.05) is 36.4 Å². The number of non-ortho nitro benzene ring substituents is 1. The highest BCUT2D eigenvalue weighted by Crippen LogP contribution is 2.26. The number of rotatable bonds is 12. The predicted octanol–water partition coefficient (Wildman–Crippen LogP) is 4.37. The van der Waals surface area contributed by atoms with E-state index in [-0.39, 0.29) is 22.1 Å². The van der Waals surface area contributed by atoms with Crippen LogP contribution in [0.1, 0.15) is 12.0 Å². The van der Waals surface area contributed by atoms with Gasteiger partial charge >= 0.3 is 0 Å². The third kappa shape index (κ3) is 7.52. The first kappa shape index (κ1) is 26.2. The maximum absolute atomic E-state index is 13.3. The highest BCUT2D eigenvalue weighted by molar-refractivity contribution is 7.98. The fourth-order valence-electron chi connectivity index (χ4n) is 3.16. The van der Waals surface area contributed by atoms with Gasteiger partial charge in [-0.05, 0) is 48.1 Å². The average Bonchev–Trinajstić information content (AvgIpc) is 2.86. The monoisotopic (exact) mass is 517 g/mol. The fourth-order valence-corrected chi connectivity index (χ4v) is 5.51. The predicted molar refractivity (Wildman–Crippen MR) is 134 cm³/mol. The number of carbonyl (C=O) groups excluding carboxylic acids is 1. The number of thioether (sulfide) groups is 1. The lowest BCUT2D eigenvalue weighted by Crippen LogP contribution is -2.41. The van der Waals surface area contributed by atoms with Crippen LogP contribution in [0.15, 0.2) is 83.8 Å². The van der Waals surface area contributed by atoms with Crippen LogP contribution in [-0.4, -0.2) is 38.1 Å². The number of amides is 1. The number of hydrogen-bond acceptors (Lipinski definition) is 6. The number of sulfonamides is 1. The summed E-state index contributed by atoms with van der Waals surface area (Å²) in [6, 6.07) is 19.0. The van der Waals surface area contributed by atoms with E-state index in [0.717, 1.165) is 21.7 Å². The molecule has 0 spiro atoms. The maximum atomic E-state index is 13.3. The largest absolute Gasteiger partial charge is 0.354 e. The van der Waals surface area contributed by atoms with Crippen LogP contribution in [0.4, 0.5) is 15.8 Å². The molecule has 0 saturated heterocycles. The van der Waals surface area contributed by atoms with Gasteiger partial charge in [0, 0.05) is 24.4 Å². The van der Waals surface area contributed by atoms with E-state index in [1.54, 1.807) is 42.1 Å². The topological polar surface area (TPSA) is 110 Å². The molecule has 0 atom stereocenters. The second-order valence-corrected chi connectivity index (χ2v) is 10.5. The van der Waals surface area contributed by atoms with Crippen molar-refractivity contribution in [2.75, 3.05) is 23.1 Å². The molecule has 1 N–H and O–H groups in total. The third-order valence-electron chi connectivity index (χ3n) is 4.92. The molecule has 0 bridgehead atoms. The Morgan fingerprint density at radius 3 is 2.43 bits per heavy atom. The number of hydrogen-bond donors (Lipinski definition) is 1. The van der Waals surface area contributed by atoms with E-state index >= 15 is 0 Å². The van der Waals surface area contributed by atoms with Crippen LogP contribution in [0.3, 0.4) is 0 Å². The molecule has 0 aliphatic rings. The molecular weight excluding hydrogens is 493 g/mol. The molecule has 0 saturated carbocycles. The lowest BCUT2D eigenvalue weighted by Gasteiger charge is -2.24. The van der Waals surface area contributed by atoms with E-state index in [4.69, 9.17) is 0 Å². The zero-order valence-electron chi connectivity index (χ0n) is 18.7. The molecule has 0 radical (unpaired) electrons. The number of nitro benzene ring substituents is 1. The Labute approximate surface area is 207 Å². The second-order valence-electron chi connectivity index (χ2n) is 7.48. The fraction of sp³-hybridized carbons (Fsp3) is 0.208. The zero-order valence-corrected chi connectivity index (χ0v) is 20.3. The summed E-state index contributed by atoms with van der Waals surface area (Å²) in [5, 5.41) is 13.9. The first-order valence-corrected chi connectivity index (χ1v) is 13.3. The van der Waals surface area contributed by atoms with Crippen molar-refractivity contribution in [3.05, 3.63) is 100 Å².